The third kappa shape index (κ3) is 2.39. The molecule has 0 aliphatic heterocycles. The Morgan fingerprint density at radius 2 is 1.70 bits per heavy atom. The van der Waals surface area contributed by atoms with Crippen LogP contribution in [0.1, 0.15) is 37.7 Å². The maximum atomic E-state index is 13.2. The minimum atomic E-state index is -0.126. The molecule has 0 unspecified atom stereocenters. The van der Waals surface area contributed by atoms with E-state index in [1.54, 1.807) is 12.1 Å². The van der Waals surface area contributed by atoms with Gasteiger partial charge in [-0.2, -0.15) is 0 Å². The first-order chi connectivity index (χ1) is 9.78. The first-order valence-electron chi connectivity index (χ1n) is 8.23. The second-order valence-corrected chi connectivity index (χ2v) is 7.36. The predicted octanol–water partition coefficient (Wildman–Crippen LogP) is 3.99. The summed E-state index contributed by atoms with van der Waals surface area (Å²) >= 11 is 0. The summed E-state index contributed by atoms with van der Waals surface area (Å²) in [5.74, 6) is 4.82. The molecule has 0 aromatic heterocycles. The van der Waals surface area contributed by atoms with E-state index in [1.165, 1.54) is 38.2 Å². The quantitative estimate of drug-likeness (QED) is 0.874. The average Bonchev–Trinajstić information content (AvgIpc) is 2.41. The molecule has 4 aliphatic carbocycles. The molecule has 4 aliphatic rings. The van der Waals surface area contributed by atoms with Crippen LogP contribution >= 0.6 is 0 Å². The Balaban J connectivity index is 1.34. The van der Waals surface area contributed by atoms with E-state index in [4.69, 9.17) is 0 Å². The molecule has 1 aromatic rings. The van der Waals surface area contributed by atoms with Crippen molar-refractivity contribution in [2.24, 2.45) is 29.6 Å². The third-order valence-corrected chi connectivity index (χ3v) is 6.02. The highest BCUT2D eigenvalue weighted by Gasteiger charge is 2.47. The maximum Gasteiger partial charge on any atom is 0.123 e. The number of nitrogens with one attached hydrogen (secondary N) is 1. The van der Waals surface area contributed by atoms with E-state index >= 15 is 0 Å². The maximum absolute atomic E-state index is 13.2. The van der Waals surface area contributed by atoms with Crippen LogP contribution in [0.5, 0.6) is 0 Å². The normalized spacial score (nSPS) is 38.4. The van der Waals surface area contributed by atoms with Crippen molar-refractivity contribution in [3.8, 4) is 0 Å². The fourth-order valence-corrected chi connectivity index (χ4v) is 5.40. The Morgan fingerprint density at radius 3 is 2.35 bits per heavy atom. The molecule has 0 saturated heterocycles. The molecule has 0 atom stereocenters. The van der Waals surface area contributed by atoms with Crippen LogP contribution in [0.2, 0.25) is 0 Å². The molecular formula is C18H24FN. The van der Waals surface area contributed by atoms with Gasteiger partial charge in [-0.3, -0.25) is 0 Å². The van der Waals surface area contributed by atoms with Gasteiger partial charge in [-0.05, 0) is 85.9 Å². The molecule has 4 fully saturated rings. The molecule has 20 heavy (non-hydrogen) atoms. The van der Waals surface area contributed by atoms with Crippen molar-refractivity contribution < 1.29 is 4.39 Å². The third-order valence-electron chi connectivity index (χ3n) is 6.02. The second kappa shape index (κ2) is 5.14. The van der Waals surface area contributed by atoms with E-state index in [0.717, 1.165) is 48.2 Å². The smallest absolute Gasteiger partial charge is 0.123 e. The first kappa shape index (κ1) is 12.8. The van der Waals surface area contributed by atoms with Crippen LogP contribution in [0.25, 0.3) is 0 Å². The number of halogens is 1. The fraction of sp³-hybridized carbons (Fsp3) is 0.667. The summed E-state index contributed by atoms with van der Waals surface area (Å²) in [4.78, 5) is 0. The van der Waals surface area contributed by atoms with E-state index in [0.29, 0.717) is 0 Å². The Hall–Kier alpha value is -0.890. The molecule has 1 nitrogen and oxygen atoms in total. The second-order valence-electron chi connectivity index (χ2n) is 7.36. The number of rotatable bonds is 4. The van der Waals surface area contributed by atoms with Crippen molar-refractivity contribution in [2.45, 2.75) is 38.6 Å². The van der Waals surface area contributed by atoms with Gasteiger partial charge in [0.2, 0.25) is 0 Å². The van der Waals surface area contributed by atoms with Crippen LogP contribution in [0, 0.1) is 35.4 Å². The molecule has 1 aromatic carbocycles. The van der Waals surface area contributed by atoms with Crippen LogP contribution in [0.3, 0.4) is 0 Å². The Kier molecular flexibility index (Phi) is 3.30. The first-order valence-corrected chi connectivity index (χ1v) is 8.23. The van der Waals surface area contributed by atoms with E-state index in [2.05, 4.69) is 5.32 Å². The lowest BCUT2D eigenvalue weighted by atomic mass is 9.52. The van der Waals surface area contributed by atoms with Gasteiger partial charge >= 0.3 is 0 Å². The summed E-state index contributed by atoms with van der Waals surface area (Å²) in [5.41, 5.74) is 1.06. The Bertz CT molecular complexity index is 456. The summed E-state index contributed by atoms with van der Waals surface area (Å²) < 4.78 is 13.2. The fourth-order valence-electron chi connectivity index (χ4n) is 5.40. The average molecular weight is 273 g/mol. The number of hydrogen-bond donors (Lipinski definition) is 1. The van der Waals surface area contributed by atoms with Crippen molar-refractivity contribution in [1.82, 2.24) is 5.32 Å². The lowest BCUT2D eigenvalue weighted by molar-refractivity contribution is -0.0355. The minimum Gasteiger partial charge on any atom is -0.312 e. The van der Waals surface area contributed by atoms with E-state index in [1.807, 2.05) is 6.07 Å². The van der Waals surface area contributed by atoms with Gasteiger partial charge in [0.25, 0.3) is 0 Å². The van der Waals surface area contributed by atoms with Gasteiger partial charge in [-0.15, -0.1) is 0 Å². The van der Waals surface area contributed by atoms with Gasteiger partial charge in [0.15, 0.2) is 0 Å². The van der Waals surface area contributed by atoms with Gasteiger partial charge in [-0.25, -0.2) is 4.39 Å². The molecule has 4 bridgehead atoms. The molecule has 0 radical (unpaired) electrons. The van der Waals surface area contributed by atoms with Crippen LogP contribution in [-0.2, 0) is 6.54 Å². The van der Waals surface area contributed by atoms with Gasteiger partial charge in [0.05, 0.1) is 0 Å². The molecule has 108 valence electrons. The summed E-state index contributed by atoms with van der Waals surface area (Å²) in [6.45, 7) is 1.94. The Labute approximate surface area is 121 Å². The molecular weight excluding hydrogens is 249 g/mol. The van der Waals surface area contributed by atoms with E-state index in [-0.39, 0.29) is 5.82 Å². The summed E-state index contributed by atoms with van der Waals surface area (Å²) in [5, 5.41) is 3.59. The van der Waals surface area contributed by atoms with Gasteiger partial charge in [0, 0.05) is 6.54 Å². The van der Waals surface area contributed by atoms with Crippen LogP contribution in [-0.4, -0.2) is 6.54 Å². The molecule has 0 amide bonds. The van der Waals surface area contributed by atoms with Crippen molar-refractivity contribution >= 4 is 0 Å². The molecule has 0 spiro atoms. The highest BCUT2D eigenvalue weighted by Crippen LogP contribution is 2.56. The summed E-state index contributed by atoms with van der Waals surface area (Å²) in [6, 6.07) is 6.97. The lowest BCUT2D eigenvalue weighted by Gasteiger charge is -2.54. The van der Waals surface area contributed by atoms with Gasteiger partial charge in [0.1, 0.15) is 5.82 Å². The zero-order valence-electron chi connectivity index (χ0n) is 12.0. The van der Waals surface area contributed by atoms with Crippen molar-refractivity contribution in [1.29, 1.82) is 0 Å². The number of benzene rings is 1. The topological polar surface area (TPSA) is 12.0 Å². The molecule has 2 heteroatoms. The monoisotopic (exact) mass is 273 g/mol. The van der Waals surface area contributed by atoms with Crippen molar-refractivity contribution in [3.05, 3.63) is 35.6 Å². The largest absolute Gasteiger partial charge is 0.312 e. The molecule has 1 N–H and O–H groups in total. The van der Waals surface area contributed by atoms with Crippen molar-refractivity contribution in [2.75, 3.05) is 6.54 Å². The summed E-state index contributed by atoms with van der Waals surface area (Å²) in [6.07, 6.45) is 7.47. The molecule has 0 heterocycles. The minimum absolute atomic E-state index is 0.126. The highest BCUT2D eigenvalue weighted by molar-refractivity contribution is 5.16. The van der Waals surface area contributed by atoms with Gasteiger partial charge < -0.3 is 5.32 Å². The standard InChI is InChI=1S/C18H24FN/c19-17-3-1-2-12(9-17)10-20-11-18-15-5-13-4-14(7-15)8-16(18)6-13/h1-3,9,13-16,18,20H,4-8,10-11H2. The SMILES string of the molecule is Fc1cccc(CNCC2C3CC4CC(C3)CC2C4)c1. The van der Waals surface area contributed by atoms with E-state index < -0.39 is 0 Å². The van der Waals surface area contributed by atoms with Crippen molar-refractivity contribution in [3.63, 3.8) is 0 Å². The molecule has 5 rings (SSSR count). The zero-order chi connectivity index (χ0) is 13.5. The predicted molar refractivity (Wildman–Crippen MR) is 78.6 cm³/mol. The summed E-state index contributed by atoms with van der Waals surface area (Å²) in [7, 11) is 0. The Morgan fingerprint density at radius 1 is 1.00 bits per heavy atom. The number of hydrogen-bond acceptors (Lipinski definition) is 1. The lowest BCUT2D eigenvalue weighted by Crippen LogP contribution is -2.48. The van der Waals surface area contributed by atoms with Crippen LogP contribution in [0.4, 0.5) is 4.39 Å². The highest BCUT2D eigenvalue weighted by atomic mass is 19.1. The van der Waals surface area contributed by atoms with Gasteiger partial charge in [-0.1, -0.05) is 12.1 Å². The van der Waals surface area contributed by atoms with E-state index in [9.17, 15) is 4.39 Å². The zero-order valence-corrected chi connectivity index (χ0v) is 12.0. The molecule has 4 saturated carbocycles. The van der Waals surface area contributed by atoms with Crippen LogP contribution < -0.4 is 5.32 Å². The van der Waals surface area contributed by atoms with Crippen LogP contribution in [0.15, 0.2) is 24.3 Å².